The third-order valence-corrected chi connectivity index (χ3v) is 4.32. The number of piperidine rings is 1. The highest BCUT2D eigenvalue weighted by molar-refractivity contribution is 6.33. The summed E-state index contributed by atoms with van der Waals surface area (Å²) in [4.78, 5) is 26.0. The van der Waals surface area contributed by atoms with Gasteiger partial charge in [0.25, 0.3) is 5.91 Å². The molecule has 0 bridgehead atoms. The molecule has 1 fully saturated rings. The van der Waals surface area contributed by atoms with Crippen LogP contribution < -0.4 is 5.73 Å². The molecule has 0 saturated carbocycles. The zero-order chi connectivity index (χ0) is 16.1. The molecule has 0 radical (unpaired) electrons. The SMILES string of the molecule is CCC1CCCCN1C(=O)COC(=O)c1ccc(Cl)c(N)c1. The predicted molar refractivity (Wildman–Crippen MR) is 85.8 cm³/mol. The first-order valence-electron chi connectivity index (χ1n) is 7.54. The maximum Gasteiger partial charge on any atom is 0.338 e. The molecule has 2 rings (SSSR count). The van der Waals surface area contributed by atoms with Crippen molar-refractivity contribution in [2.24, 2.45) is 0 Å². The summed E-state index contributed by atoms with van der Waals surface area (Å²) in [5.74, 6) is -0.705. The molecule has 22 heavy (non-hydrogen) atoms. The van der Waals surface area contributed by atoms with Gasteiger partial charge in [-0.1, -0.05) is 18.5 Å². The number of carbonyl (C=O) groups is 2. The van der Waals surface area contributed by atoms with E-state index in [1.54, 1.807) is 0 Å². The van der Waals surface area contributed by atoms with Gasteiger partial charge in [0, 0.05) is 12.6 Å². The molecule has 1 atom stereocenters. The normalized spacial score (nSPS) is 18.1. The number of nitrogens with two attached hydrogens (primary N) is 1. The second kappa shape index (κ2) is 7.49. The molecule has 0 aromatic heterocycles. The lowest BCUT2D eigenvalue weighted by Crippen LogP contribution is -2.45. The van der Waals surface area contributed by atoms with E-state index in [1.165, 1.54) is 18.2 Å². The van der Waals surface area contributed by atoms with Crippen LogP contribution >= 0.6 is 11.6 Å². The first kappa shape index (κ1) is 16.6. The van der Waals surface area contributed by atoms with Crippen molar-refractivity contribution in [3.05, 3.63) is 28.8 Å². The Morgan fingerprint density at radius 1 is 1.41 bits per heavy atom. The molecule has 0 aliphatic carbocycles. The predicted octanol–water partition coefficient (Wildman–Crippen LogP) is 2.87. The Balaban J connectivity index is 1.92. The maximum absolute atomic E-state index is 12.2. The van der Waals surface area contributed by atoms with Crippen LogP contribution in [0, 0.1) is 0 Å². The molecule has 1 aromatic rings. The number of nitrogen functional groups attached to an aromatic ring is 1. The van der Waals surface area contributed by atoms with E-state index < -0.39 is 5.97 Å². The lowest BCUT2D eigenvalue weighted by atomic mass is 10.00. The van der Waals surface area contributed by atoms with Crippen LogP contribution in [0.4, 0.5) is 5.69 Å². The van der Waals surface area contributed by atoms with Gasteiger partial charge in [0.15, 0.2) is 6.61 Å². The number of nitrogens with zero attached hydrogens (tertiary/aromatic N) is 1. The maximum atomic E-state index is 12.2. The fourth-order valence-corrected chi connectivity index (χ4v) is 2.84. The summed E-state index contributed by atoms with van der Waals surface area (Å²) in [6.45, 7) is 2.57. The van der Waals surface area contributed by atoms with Gasteiger partial charge in [-0.2, -0.15) is 0 Å². The highest BCUT2D eigenvalue weighted by Crippen LogP contribution is 2.21. The number of rotatable bonds is 4. The fourth-order valence-electron chi connectivity index (χ4n) is 2.72. The highest BCUT2D eigenvalue weighted by Gasteiger charge is 2.26. The van der Waals surface area contributed by atoms with E-state index in [0.29, 0.717) is 16.3 Å². The van der Waals surface area contributed by atoms with E-state index in [1.807, 2.05) is 4.90 Å². The number of hydrogen-bond donors (Lipinski definition) is 1. The van der Waals surface area contributed by atoms with Crippen molar-refractivity contribution in [2.75, 3.05) is 18.9 Å². The number of anilines is 1. The summed E-state index contributed by atoms with van der Waals surface area (Å²) in [5, 5.41) is 0.381. The highest BCUT2D eigenvalue weighted by atomic mass is 35.5. The van der Waals surface area contributed by atoms with Crippen molar-refractivity contribution in [1.82, 2.24) is 4.90 Å². The number of ether oxygens (including phenoxy) is 1. The average Bonchev–Trinajstić information content (AvgIpc) is 2.54. The van der Waals surface area contributed by atoms with Crippen LogP contribution in [0.3, 0.4) is 0 Å². The van der Waals surface area contributed by atoms with Crippen LogP contribution in [0.15, 0.2) is 18.2 Å². The Kier molecular flexibility index (Phi) is 5.66. The second-order valence-corrected chi connectivity index (χ2v) is 5.86. The Bertz CT molecular complexity index is 562. The smallest absolute Gasteiger partial charge is 0.338 e. The molecule has 1 aliphatic heterocycles. The van der Waals surface area contributed by atoms with Gasteiger partial charge in [-0.25, -0.2) is 4.79 Å². The van der Waals surface area contributed by atoms with Gasteiger partial charge in [-0.15, -0.1) is 0 Å². The number of amides is 1. The minimum Gasteiger partial charge on any atom is -0.452 e. The molecule has 5 nitrogen and oxygen atoms in total. The van der Waals surface area contributed by atoms with Crippen LogP contribution in [0.5, 0.6) is 0 Å². The first-order chi connectivity index (χ1) is 10.5. The molecule has 1 unspecified atom stereocenters. The van der Waals surface area contributed by atoms with Gasteiger partial charge >= 0.3 is 5.97 Å². The molecule has 1 aromatic carbocycles. The van der Waals surface area contributed by atoms with Crippen molar-refractivity contribution in [3.63, 3.8) is 0 Å². The zero-order valence-electron chi connectivity index (χ0n) is 12.7. The topological polar surface area (TPSA) is 72.6 Å². The third kappa shape index (κ3) is 3.91. The second-order valence-electron chi connectivity index (χ2n) is 5.46. The minimum absolute atomic E-state index is 0.137. The molecule has 1 aliphatic rings. The van der Waals surface area contributed by atoms with Crippen LogP contribution in [0.1, 0.15) is 43.0 Å². The van der Waals surface area contributed by atoms with Crippen LogP contribution in [0.25, 0.3) is 0 Å². The molecule has 0 spiro atoms. The number of esters is 1. The van der Waals surface area contributed by atoms with Crippen LogP contribution in [-0.2, 0) is 9.53 Å². The Labute approximate surface area is 135 Å². The van der Waals surface area contributed by atoms with E-state index in [4.69, 9.17) is 22.1 Å². The monoisotopic (exact) mass is 324 g/mol. The first-order valence-corrected chi connectivity index (χ1v) is 7.92. The molecule has 120 valence electrons. The summed E-state index contributed by atoms with van der Waals surface area (Å²) in [6, 6.07) is 4.77. The number of benzene rings is 1. The van der Waals surface area contributed by atoms with Gasteiger partial charge in [-0.3, -0.25) is 4.79 Å². The molecule has 1 amide bonds. The van der Waals surface area contributed by atoms with E-state index in [9.17, 15) is 9.59 Å². The summed E-state index contributed by atoms with van der Waals surface area (Å²) in [6.07, 6.45) is 4.09. The van der Waals surface area contributed by atoms with Gasteiger partial charge in [0.05, 0.1) is 16.3 Å². The summed E-state index contributed by atoms with van der Waals surface area (Å²) >= 11 is 5.81. The quantitative estimate of drug-likeness (QED) is 0.682. The van der Waals surface area contributed by atoms with Crippen molar-refractivity contribution in [2.45, 2.75) is 38.6 Å². The van der Waals surface area contributed by atoms with Gasteiger partial charge in [0.2, 0.25) is 0 Å². The molecule has 6 heteroatoms. The molecule has 1 saturated heterocycles. The van der Waals surface area contributed by atoms with Crippen LogP contribution in [0.2, 0.25) is 5.02 Å². The lowest BCUT2D eigenvalue weighted by Gasteiger charge is -2.35. The van der Waals surface area contributed by atoms with Gasteiger partial charge in [-0.05, 0) is 43.9 Å². The molecular weight excluding hydrogens is 304 g/mol. The largest absolute Gasteiger partial charge is 0.452 e. The van der Waals surface area contributed by atoms with E-state index >= 15 is 0 Å². The number of hydrogen-bond acceptors (Lipinski definition) is 4. The van der Waals surface area contributed by atoms with Crippen molar-refractivity contribution < 1.29 is 14.3 Å². The Hall–Kier alpha value is -1.75. The lowest BCUT2D eigenvalue weighted by molar-refractivity contribution is -0.138. The number of likely N-dealkylation sites (tertiary alicyclic amines) is 1. The number of carbonyl (C=O) groups excluding carboxylic acids is 2. The van der Waals surface area contributed by atoms with Crippen molar-refractivity contribution >= 4 is 29.2 Å². The summed E-state index contributed by atoms with van der Waals surface area (Å²) < 4.78 is 5.10. The Morgan fingerprint density at radius 2 is 2.18 bits per heavy atom. The van der Waals surface area contributed by atoms with Crippen LogP contribution in [-0.4, -0.2) is 36.0 Å². The summed E-state index contributed by atoms with van der Waals surface area (Å²) in [5.41, 5.74) is 6.25. The summed E-state index contributed by atoms with van der Waals surface area (Å²) in [7, 11) is 0. The van der Waals surface area contributed by atoms with Gasteiger partial charge < -0.3 is 15.4 Å². The fraction of sp³-hybridized carbons (Fsp3) is 0.500. The van der Waals surface area contributed by atoms with Crippen molar-refractivity contribution in [3.8, 4) is 0 Å². The standard InChI is InChI=1S/C16H21ClN2O3/c1-2-12-5-3-4-8-19(12)15(20)10-22-16(21)11-6-7-13(17)14(18)9-11/h6-7,9,12H,2-5,8,10,18H2,1H3. The van der Waals surface area contributed by atoms with E-state index in [0.717, 1.165) is 32.2 Å². The van der Waals surface area contributed by atoms with Crippen molar-refractivity contribution in [1.29, 1.82) is 0 Å². The van der Waals surface area contributed by atoms with E-state index in [-0.39, 0.29) is 18.6 Å². The minimum atomic E-state index is -0.568. The molecular formula is C16H21ClN2O3. The van der Waals surface area contributed by atoms with E-state index in [2.05, 4.69) is 6.92 Å². The Morgan fingerprint density at radius 3 is 2.86 bits per heavy atom. The molecule has 1 heterocycles. The molecule has 2 N–H and O–H groups in total. The van der Waals surface area contributed by atoms with Gasteiger partial charge in [0.1, 0.15) is 0 Å². The zero-order valence-corrected chi connectivity index (χ0v) is 13.4. The average molecular weight is 325 g/mol. The third-order valence-electron chi connectivity index (χ3n) is 3.98. The number of halogens is 1.